The van der Waals surface area contributed by atoms with Gasteiger partial charge in [0, 0.05) is 19.1 Å². The topological polar surface area (TPSA) is 98.8 Å². The average molecular weight is 322 g/mol. The van der Waals surface area contributed by atoms with Crippen LogP contribution in [0.5, 0.6) is 0 Å². The van der Waals surface area contributed by atoms with E-state index in [9.17, 15) is 19.2 Å². The Bertz CT molecular complexity index is 530. The first kappa shape index (κ1) is 15.8. The molecule has 0 radical (unpaired) electrons. The molecule has 0 aromatic carbocycles. The molecule has 1 saturated carbocycles. The number of hydrogen-bond donors (Lipinski definition) is 2. The van der Waals surface area contributed by atoms with Gasteiger partial charge in [-0.3, -0.25) is 19.2 Å². The summed E-state index contributed by atoms with van der Waals surface area (Å²) in [5.41, 5.74) is 0. The zero-order valence-corrected chi connectivity index (χ0v) is 13.0. The first-order valence-electron chi connectivity index (χ1n) is 8.23. The average Bonchev–Trinajstić information content (AvgIpc) is 2.58. The number of carbonyl (C=O) groups excluding carboxylic acids is 4. The fraction of sp³-hybridized carbons (Fsp3) is 0.733. The largest absolute Gasteiger partial charge is 0.345 e. The van der Waals surface area contributed by atoms with Gasteiger partial charge in [-0.15, -0.1) is 0 Å². The highest BCUT2D eigenvalue weighted by Crippen LogP contribution is 2.18. The van der Waals surface area contributed by atoms with Crippen LogP contribution in [0.15, 0.2) is 0 Å². The van der Waals surface area contributed by atoms with Crippen LogP contribution in [0.25, 0.3) is 0 Å². The Labute approximate surface area is 134 Å². The van der Waals surface area contributed by atoms with E-state index < -0.39 is 17.9 Å². The number of fused-ring (bicyclic) bond motifs is 1. The van der Waals surface area contributed by atoms with Crippen molar-refractivity contribution in [3.8, 4) is 0 Å². The van der Waals surface area contributed by atoms with Crippen molar-refractivity contribution in [1.29, 1.82) is 0 Å². The Kier molecular flexibility index (Phi) is 4.49. The van der Waals surface area contributed by atoms with E-state index in [4.69, 9.17) is 0 Å². The zero-order valence-electron chi connectivity index (χ0n) is 13.0. The van der Waals surface area contributed by atoms with Crippen molar-refractivity contribution >= 4 is 23.6 Å². The molecular formula is C15H22N4O4. The van der Waals surface area contributed by atoms with Crippen LogP contribution in [0.4, 0.5) is 0 Å². The summed E-state index contributed by atoms with van der Waals surface area (Å²) in [5.74, 6) is -1.63. The Morgan fingerprint density at radius 3 is 2.57 bits per heavy atom. The highest BCUT2D eigenvalue weighted by atomic mass is 16.2. The van der Waals surface area contributed by atoms with E-state index in [1.807, 2.05) is 0 Å². The van der Waals surface area contributed by atoms with Gasteiger partial charge in [-0.1, -0.05) is 19.3 Å². The summed E-state index contributed by atoms with van der Waals surface area (Å²) in [4.78, 5) is 51.0. The highest BCUT2D eigenvalue weighted by molar-refractivity contribution is 6.35. The first-order chi connectivity index (χ1) is 11.1. The number of amides is 4. The quantitative estimate of drug-likeness (QED) is 0.580. The van der Waals surface area contributed by atoms with Crippen molar-refractivity contribution in [1.82, 2.24) is 20.4 Å². The second-order valence-corrected chi connectivity index (χ2v) is 6.38. The van der Waals surface area contributed by atoms with Crippen LogP contribution in [0.2, 0.25) is 0 Å². The molecule has 1 atom stereocenters. The molecule has 8 nitrogen and oxygen atoms in total. The molecule has 3 rings (SSSR count). The van der Waals surface area contributed by atoms with E-state index in [2.05, 4.69) is 10.6 Å². The van der Waals surface area contributed by atoms with Crippen LogP contribution in [0.3, 0.4) is 0 Å². The number of carbonyl (C=O) groups is 4. The minimum Gasteiger partial charge on any atom is -0.345 e. The second kappa shape index (κ2) is 6.55. The molecule has 23 heavy (non-hydrogen) atoms. The van der Waals surface area contributed by atoms with Gasteiger partial charge in [-0.05, 0) is 12.8 Å². The Balaban J connectivity index is 1.58. The fourth-order valence-corrected chi connectivity index (χ4v) is 3.51. The minimum atomic E-state index is -0.684. The predicted molar refractivity (Wildman–Crippen MR) is 80.1 cm³/mol. The molecule has 3 fully saturated rings. The van der Waals surface area contributed by atoms with Crippen LogP contribution in [0, 0.1) is 0 Å². The standard InChI is InChI=1S/C15H22N4O4/c20-12-8-16-13(21)11-9-18(6-7-19(11)12)15(23)14(22)17-10-4-2-1-3-5-10/h10-11H,1-9H2,(H,16,21)(H,17,22)/t11-/m0/s1. The summed E-state index contributed by atoms with van der Waals surface area (Å²) in [6, 6.07) is -0.613. The van der Waals surface area contributed by atoms with Gasteiger partial charge in [0.1, 0.15) is 6.04 Å². The molecule has 0 aromatic rings. The van der Waals surface area contributed by atoms with Gasteiger partial charge in [0.05, 0.1) is 13.1 Å². The van der Waals surface area contributed by atoms with Gasteiger partial charge < -0.3 is 20.4 Å². The zero-order chi connectivity index (χ0) is 16.4. The second-order valence-electron chi connectivity index (χ2n) is 6.38. The molecule has 2 heterocycles. The van der Waals surface area contributed by atoms with E-state index in [0.29, 0.717) is 6.54 Å². The van der Waals surface area contributed by atoms with Crippen molar-refractivity contribution in [3.63, 3.8) is 0 Å². The molecular weight excluding hydrogens is 300 g/mol. The van der Waals surface area contributed by atoms with Crippen molar-refractivity contribution < 1.29 is 19.2 Å². The lowest BCUT2D eigenvalue weighted by Crippen LogP contribution is -2.67. The normalized spacial score (nSPS) is 25.7. The monoisotopic (exact) mass is 322 g/mol. The highest BCUT2D eigenvalue weighted by Gasteiger charge is 2.41. The van der Waals surface area contributed by atoms with Crippen LogP contribution in [-0.2, 0) is 19.2 Å². The number of nitrogens with one attached hydrogen (secondary N) is 2. The Morgan fingerprint density at radius 1 is 1.09 bits per heavy atom. The van der Waals surface area contributed by atoms with E-state index in [0.717, 1.165) is 25.7 Å². The molecule has 0 aromatic heterocycles. The summed E-state index contributed by atoms with van der Waals surface area (Å²) in [6.45, 7) is 0.658. The first-order valence-corrected chi connectivity index (χ1v) is 8.23. The molecule has 126 valence electrons. The molecule has 2 aliphatic heterocycles. The predicted octanol–water partition coefficient (Wildman–Crippen LogP) is -1.40. The smallest absolute Gasteiger partial charge is 0.312 e. The third kappa shape index (κ3) is 3.30. The van der Waals surface area contributed by atoms with Gasteiger partial charge in [-0.2, -0.15) is 0 Å². The Hall–Kier alpha value is -2.12. The van der Waals surface area contributed by atoms with Crippen molar-refractivity contribution in [2.24, 2.45) is 0 Å². The summed E-state index contributed by atoms with van der Waals surface area (Å²) >= 11 is 0. The number of nitrogens with zero attached hydrogens (tertiary/aromatic N) is 2. The molecule has 0 spiro atoms. The third-order valence-corrected chi connectivity index (χ3v) is 4.84. The Morgan fingerprint density at radius 2 is 1.83 bits per heavy atom. The van der Waals surface area contributed by atoms with Crippen LogP contribution >= 0.6 is 0 Å². The maximum Gasteiger partial charge on any atom is 0.312 e. The van der Waals surface area contributed by atoms with Gasteiger partial charge >= 0.3 is 11.8 Å². The molecule has 1 aliphatic carbocycles. The maximum atomic E-state index is 12.3. The molecule has 4 amide bonds. The summed E-state index contributed by atoms with van der Waals surface area (Å²) < 4.78 is 0. The number of rotatable bonds is 1. The van der Waals surface area contributed by atoms with Gasteiger partial charge in [0.15, 0.2) is 0 Å². The third-order valence-electron chi connectivity index (χ3n) is 4.84. The van der Waals surface area contributed by atoms with E-state index in [1.54, 1.807) is 0 Å². The molecule has 2 saturated heterocycles. The van der Waals surface area contributed by atoms with Gasteiger partial charge in [-0.25, -0.2) is 0 Å². The van der Waals surface area contributed by atoms with Gasteiger partial charge in [0.25, 0.3) is 0 Å². The van der Waals surface area contributed by atoms with Crippen LogP contribution < -0.4 is 10.6 Å². The van der Waals surface area contributed by atoms with Crippen LogP contribution in [0.1, 0.15) is 32.1 Å². The SMILES string of the molecule is O=C(NC1CCCCC1)C(=O)N1CCN2C(=O)CNC(=O)[C@@H]2C1. The lowest BCUT2D eigenvalue weighted by molar-refractivity contribution is -0.155. The summed E-state index contributed by atoms with van der Waals surface area (Å²) in [5, 5.41) is 5.31. The lowest BCUT2D eigenvalue weighted by atomic mass is 9.95. The maximum absolute atomic E-state index is 12.3. The van der Waals surface area contributed by atoms with Crippen molar-refractivity contribution in [3.05, 3.63) is 0 Å². The van der Waals surface area contributed by atoms with Gasteiger partial charge in [0.2, 0.25) is 11.8 Å². The minimum absolute atomic E-state index is 0.00540. The van der Waals surface area contributed by atoms with E-state index >= 15 is 0 Å². The van der Waals surface area contributed by atoms with E-state index in [1.165, 1.54) is 16.2 Å². The summed E-state index contributed by atoms with van der Waals surface area (Å²) in [6.07, 6.45) is 5.14. The van der Waals surface area contributed by atoms with Crippen molar-refractivity contribution in [2.75, 3.05) is 26.2 Å². The number of piperazine rings is 2. The van der Waals surface area contributed by atoms with Crippen molar-refractivity contribution in [2.45, 2.75) is 44.2 Å². The molecule has 3 aliphatic rings. The summed E-state index contributed by atoms with van der Waals surface area (Å²) in [7, 11) is 0. The van der Waals surface area contributed by atoms with Crippen LogP contribution in [-0.4, -0.2) is 71.7 Å². The molecule has 0 unspecified atom stereocenters. The molecule has 8 heteroatoms. The number of hydrogen-bond acceptors (Lipinski definition) is 4. The van der Waals surface area contributed by atoms with E-state index in [-0.39, 0.29) is 37.5 Å². The molecule has 2 N–H and O–H groups in total. The lowest BCUT2D eigenvalue weighted by Gasteiger charge is -2.42. The fourth-order valence-electron chi connectivity index (χ4n) is 3.51. The molecule has 0 bridgehead atoms.